The highest BCUT2D eigenvalue weighted by Crippen LogP contribution is 2.20. The van der Waals surface area contributed by atoms with Crippen molar-refractivity contribution in [2.45, 2.75) is 6.42 Å². The molecule has 0 saturated heterocycles. The molecule has 4 N–H and O–H groups in total. The highest BCUT2D eigenvalue weighted by Gasteiger charge is 1.96. The second-order valence-electron chi connectivity index (χ2n) is 2.65. The van der Waals surface area contributed by atoms with Crippen LogP contribution in [0.2, 0.25) is 0 Å². The Balaban J connectivity index is 2.88. The Bertz CT molecular complexity index is 332. The predicted octanol–water partition coefficient (Wildman–Crippen LogP) is 1.45. The maximum Gasteiger partial charge on any atom is 0.123 e. The smallest absolute Gasteiger partial charge is 0.123 e. The molecule has 0 bridgehead atoms. The van der Waals surface area contributed by atoms with E-state index in [1.807, 2.05) is 12.1 Å². The van der Waals surface area contributed by atoms with E-state index >= 15 is 0 Å². The molecule has 0 atom stereocenters. The van der Waals surface area contributed by atoms with Crippen LogP contribution in [0.25, 0.3) is 6.08 Å². The van der Waals surface area contributed by atoms with Crippen molar-refractivity contribution in [3.05, 3.63) is 29.8 Å². The number of para-hydroxylation sites is 1. The van der Waals surface area contributed by atoms with Gasteiger partial charge in [-0.25, -0.2) is 0 Å². The van der Waals surface area contributed by atoms with Gasteiger partial charge in [0, 0.05) is 6.42 Å². The minimum Gasteiger partial charge on any atom is -0.397 e. The molecule has 68 valence electrons. The fraction of sp³-hybridized carbons (Fsp3) is 0.100. The number of carbonyl (C=O) groups is 1. The lowest BCUT2D eigenvalue weighted by Crippen LogP contribution is -1.96. The number of anilines is 2. The lowest BCUT2D eigenvalue weighted by atomic mass is 10.1. The molecule has 0 saturated carbocycles. The molecule has 0 spiro atoms. The average Bonchev–Trinajstić information content (AvgIpc) is 2.13. The van der Waals surface area contributed by atoms with Crippen LogP contribution in [0.3, 0.4) is 0 Å². The summed E-state index contributed by atoms with van der Waals surface area (Å²) in [6.45, 7) is 0. The van der Waals surface area contributed by atoms with Crippen molar-refractivity contribution < 1.29 is 4.79 Å². The van der Waals surface area contributed by atoms with Crippen molar-refractivity contribution >= 4 is 23.7 Å². The SMILES string of the molecule is Nc1cccc(C=CCC=O)c1N. The van der Waals surface area contributed by atoms with Crippen molar-refractivity contribution in [3.8, 4) is 0 Å². The molecule has 0 aliphatic heterocycles. The summed E-state index contributed by atoms with van der Waals surface area (Å²) in [6, 6.07) is 5.42. The van der Waals surface area contributed by atoms with Crippen LogP contribution in [0, 0.1) is 0 Å². The molecule has 0 amide bonds. The van der Waals surface area contributed by atoms with E-state index in [1.54, 1.807) is 18.2 Å². The standard InChI is InChI=1S/C10H12N2O/c11-9-6-3-5-8(10(9)12)4-1-2-7-13/h1,3-7H,2,11-12H2. The Morgan fingerprint density at radius 3 is 2.77 bits per heavy atom. The van der Waals surface area contributed by atoms with E-state index in [0.29, 0.717) is 17.8 Å². The Hall–Kier alpha value is -1.77. The first-order valence-corrected chi connectivity index (χ1v) is 4.00. The normalized spacial score (nSPS) is 10.5. The van der Waals surface area contributed by atoms with Gasteiger partial charge >= 0.3 is 0 Å². The van der Waals surface area contributed by atoms with Crippen molar-refractivity contribution in [2.24, 2.45) is 0 Å². The van der Waals surface area contributed by atoms with Gasteiger partial charge in [0.05, 0.1) is 11.4 Å². The number of nitrogens with two attached hydrogens (primary N) is 2. The van der Waals surface area contributed by atoms with E-state index in [2.05, 4.69) is 0 Å². The molecule has 13 heavy (non-hydrogen) atoms. The van der Waals surface area contributed by atoms with Crippen LogP contribution in [0.5, 0.6) is 0 Å². The van der Waals surface area contributed by atoms with Gasteiger partial charge in [0.25, 0.3) is 0 Å². The van der Waals surface area contributed by atoms with Crippen molar-refractivity contribution in [1.82, 2.24) is 0 Å². The summed E-state index contributed by atoms with van der Waals surface area (Å²) in [4.78, 5) is 10.0. The zero-order valence-corrected chi connectivity index (χ0v) is 7.23. The van der Waals surface area contributed by atoms with E-state index < -0.39 is 0 Å². The quantitative estimate of drug-likeness (QED) is 0.541. The maximum atomic E-state index is 10.0. The zero-order chi connectivity index (χ0) is 9.68. The van der Waals surface area contributed by atoms with E-state index in [0.717, 1.165) is 11.8 Å². The Kier molecular flexibility index (Phi) is 3.09. The number of hydrogen-bond donors (Lipinski definition) is 2. The molecule has 1 aromatic carbocycles. The van der Waals surface area contributed by atoms with Gasteiger partial charge in [0.1, 0.15) is 6.29 Å². The molecular formula is C10H12N2O. The highest BCUT2D eigenvalue weighted by molar-refractivity contribution is 5.76. The van der Waals surface area contributed by atoms with Gasteiger partial charge in [-0.2, -0.15) is 0 Å². The van der Waals surface area contributed by atoms with E-state index in [1.165, 1.54) is 0 Å². The van der Waals surface area contributed by atoms with Crippen LogP contribution in [-0.2, 0) is 4.79 Å². The van der Waals surface area contributed by atoms with Crippen molar-refractivity contribution in [3.63, 3.8) is 0 Å². The number of benzene rings is 1. The average molecular weight is 176 g/mol. The second kappa shape index (κ2) is 4.30. The number of carbonyl (C=O) groups excluding carboxylic acids is 1. The molecule has 0 aliphatic carbocycles. The summed E-state index contributed by atoms with van der Waals surface area (Å²) in [6.07, 6.45) is 4.77. The lowest BCUT2D eigenvalue weighted by molar-refractivity contribution is -0.107. The fourth-order valence-corrected chi connectivity index (χ4v) is 0.998. The molecule has 0 aliphatic rings. The molecular weight excluding hydrogens is 164 g/mol. The third kappa shape index (κ3) is 2.33. The van der Waals surface area contributed by atoms with Crippen LogP contribution < -0.4 is 11.5 Å². The van der Waals surface area contributed by atoms with Crippen LogP contribution in [0.4, 0.5) is 11.4 Å². The molecule has 1 rings (SSSR count). The zero-order valence-electron chi connectivity index (χ0n) is 7.23. The van der Waals surface area contributed by atoms with Crippen LogP contribution in [0.15, 0.2) is 24.3 Å². The summed E-state index contributed by atoms with van der Waals surface area (Å²) in [5, 5.41) is 0. The Labute approximate surface area is 77.0 Å². The van der Waals surface area contributed by atoms with Crippen LogP contribution in [0.1, 0.15) is 12.0 Å². The van der Waals surface area contributed by atoms with Crippen LogP contribution >= 0.6 is 0 Å². The third-order valence-corrected chi connectivity index (χ3v) is 1.70. The third-order valence-electron chi connectivity index (χ3n) is 1.70. The Morgan fingerprint density at radius 2 is 2.08 bits per heavy atom. The monoisotopic (exact) mass is 176 g/mol. The van der Waals surface area contributed by atoms with Gasteiger partial charge in [0.2, 0.25) is 0 Å². The molecule has 3 heteroatoms. The number of nitrogen functional groups attached to an aromatic ring is 2. The van der Waals surface area contributed by atoms with Gasteiger partial charge in [-0.15, -0.1) is 0 Å². The van der Waals surface area contributed by atoms with Crippen molar-refractivity contribution in [2.75, 3.05) is 11.5 Å². The number of aldehydes is 1. The van der Waals surface area contributed by atoms with Gasteiger partial charge in [-0.1, -0.05) is 24.3 Å². The minimum atomic E-state index is 0.397. The maximum absolute atomic E-state index is 10.0. The second-order valence-corrected chi connectivity index (χ2v) is 2.65. The number of hydrogen-bond acceptors (Lipinski definition) is 3. The van der Waals surface area contributed by atoms with E-state index in [9.17, 15) is 4.79 Å². The first-order chi connectivity index (χ1) is 6.25. The van der Waals surface area contributed by atoms with Gasteiger partial charge in [-0.3, -0.25) is 0 Å². The summed E-state index contributed by atoms with van der Waals surface area (Å²) in [7, 11) is 0. The summed E-state index contributed by atoms with van der Waals surface area (Å²) in [5.41, 5.74) is 13.3. The summed E-state index contributed by atoms with van der Waals surface area (Å²) in [5.74, 6) is 0. The Morgan fingerprint density at radius 1 is 1.31 bits per heavy atom. The molecule has 1 aromatic rings. The summed E-state index contributed by atoms with van der Waals surface area (Å²) < 4.78 is 0. The molecule has 0 fully saturated rings. The largest absolute Gasteiger partial charge is 0.397 e. The topological polar surface area (TPSA) is 69.1 Å². The molecule has 0 aromatic heterocycles. The molecule has 0 heterocycles. The highest BCUT2D eigenvalue weighted by atomic mass is 16.1. The van der Waals surface area contributed by atoms with Gasteiger partial charge in [0.15, 0.2) is 0 Å². The fourth-order valence-electron chi connectivity index (χ4n) is 0.998. The van der Waals surface area contributed by atoms with Gasteiger partial charge in [-0.05, 0) is 11.6 Å². The predicted molar refractivity (Wildman–Crippen MR) is 55.0 cm³/mol. The minimum absolute atomic E-state index is 0.397. The lowest BCUT2D eigenvalue weighted by Gasteiger charge is -2.02. The molecule has 0 unspecified atom stereocenters. The first kappa shape index (κ1) is 9.32. The number of rotatable bonds is 3. The van der Waals surface area contributed by atoms with E-state index in [4.69, 9.17) is 11.5 Å². The van der Waals surface area contributed by atoms with E-state index in [-0.39, 0.29) is 0 Å². The van der Waals surface area contributed by atoms with Crippen molar-refractivity contribution in [1.29, 1.82) is 0 Å². The summed E-state index contributed by atoms with van der Waals surface area (Å²) >= 11 is 0. The first-order valence-electron chi connectivity index (χ1n) is 4.00. The van der Waals surface area contributed by atoms with Gasteiger partial charge < -0.3 is 16.3 Å². The number of allylic oxidation sites excluding steroid dienone is 1. The molecule has 0 radical (unpaired) electrons. The van der Waals surface area contributed by atoms with Crippen LogP contribution in [-0.4, -0.2) is 6.29 Å². The molecule has 3 nitrogen and oxygen atoms in total.